The van der Waals surface area contributed by atoms with Crippen molar-refractivity contribution in [2.24, 2.45) is 5.41 Å². The number of ether oxygens (including phenoxy) is 1. The largest absolute Gasteiger partial charge is 0.573 e. The molecule has 1 aromatic carbocycles. The van der Waals surface area contributed by atoms with Gasteiger partial charge in [0.25, 0.3) is 0 Å². The second kappa shape index (κ2) is 5.38. The molecular formula is C12H15BrF3NO. The molecule has 6 heteroatoms. The summed E-state index contributed by atoms with van der Waals surface area (Å²) in [6, 6.07) is 4.50. The fourth-order valence-corrected chi connectivity index (χ4v) is 1.55. The SMILES string of the molecule is CC(C)(C)CNc1ccc(Br)cc1OC(F)(F)F. The summed E-state index contributed by atoms with van der Waals surface area (Å²) in [5.74, 6) is -0.235. The van der Waals surface area contributed by atoms with E-state index in [1.807, 2.05) is 20.8 Å². The smallest absolute Gasteiger partial charge is 0.404 e. The van der Waals surface area contributed by atoms with Crippen LogP contribution in [0.5, 0.6) is 5.75 Å². The summed E-state index contributed by atoms with van der Waals surface area (Å²) in [5, 5.41) is 2.96. The summed E-state index contributed by atoms with van der Waals surface area (Å²) in [6.07, 6.45) is -4.70. The maximum absolute atomic E-state index is 12.3. The van der Waals surface area contributed by atoms with Gasteiger partial charge in [-0.3, -0.25) is 0 Å². The number of hydrogen-bond donors (Lipinski definition) is 1. The summed E-state index contributed by atoms with van der Waals surface area (Å²) in [4.78, 5) is 0. The Labute approximate surface area is 113 Å². The molecule has 0 amide bonds. The van der Waals surface area contributed by atoms with Crippen molar-refractivity contribution in [2.75, 3.05) is 11.9 Å². The number of alkyl halides is 3. The Kier molecular flexibility index (Phi) is 4.53. The molecule has 1 N–H and O–H groups in total. The molecule has 18 heavy (non-hydrogen) atoms. The summed E-state index contributed by atoms with van der Waals surface area (Å²) >= 11 is 3.12. The molecule has 0 spiro atoms. The van der Waals surface area contributed by atoms with Crippen LogP contribution in [0.2, 0.25) is 0 Å². The Bertz CT molecular complexity index is 413. The minimum Gasteiger partial charge on any atom is -0.404 e. The zero-order valence-corrected chi connectivity index (χ0v) is 11.9. The molecule has 0 atom stereocenters. The minimum atomic E-state index is -4.70. The highest BCUT2D eigenvalue weighted by Gasteiger charge is 2.32. The molecule has 0 unspecified atom stereocenters. The van der Waals surface area contributed by atoms with Crippen LogP contribution in [0.3, 0.4) is 0 Å². The highest BCUT2D eigenvalue weighted by Crippen LogP contribution is 2.33. The van der Waals surface area contributed by atoms with Gasteiger partial charge < -0.3 is 10.1 Å². The Morgan fingerprint density at radius 1 is 1.22 bits per heavy atom. The van der Waals surface area contributed by atoms with E-state index < -0.39 is 6.36 Å². The molecular weight excluding hydrogens is 311 g/mol. The number of rotatable bonds is 3. The zero-order valence-electron chi connectivity index (χ0n) is 10.4. The first-order valence-corrected chi connectivity index (χ1v) is 6.15. The van der Waals surface area contributed by atoms with Gasteiger partial charge >= 0.3 is 6.36 Å². The normalized spacial score (nSPS) is 12.4. The van der Waals surface area contributed by atoms with Gasteiger partial charge in [0.05, 0.1) is 5.69 Å². The first-order valence-electron chi connectivity index (χ1n) is 5.36. The highest BCUT2D eigenvalue weighted by atomic mass is 79.9. The quantitative estimate of drug-likeness (QED) is 0.861. The Morgan fingerprint density at radius 3 is 2.33 bits per heavy atom. The van der Waals surface area contributed by atoms with E-state index in [9.17, 15) is 13.2 Å². The lowest BCUT2D eigenvalue weighted by atomic mass is 9.97. The number of benzene rings is 1. The van der Waals surface area contributed by atoms with E-state index in [2.05, 4.69) is 26.0 Å². The molecule has 0 saturated carbocycles. The Morgan fingerprint density at radius 2 is 1.83 bits per heavy atom. The number of nitrogens with one attached hydrogen (secondary N) is 1. The maximum atomic E-state index is 12.3. The third-order valence-electron chi connectivity index (χ3n) is 1.98. The fourth-order valence-electron chi connectivity index (χ4n) is 1.21. The molecule has 0 radical (unpaired) electrons. The van der Waals surface area contributed by atoms with E-state index in [1.54, 1.807) is 12.1 Å². The van der Waals surface area contributed by atoms with Crippen molar-refractivity contribution >= 4 is 21.6 Å². The lowest BCUT2D eigenvalue weighted by molar-refractivity contribution is -0.274. The predicted molar refractivity (Wildman–Crippen MR) is 68.8 cm³/mol. The van der Waals surface area contributed by atoms with Gasteiger partial charge in [0.2, 0.25) is 0 Å². The molecule has 0 aliphatic heterocycles. The van der Waals surface area contributed by atoms with Crippen molar-refractivity contribution in [3.8, 4) is 5.75 Å². The van der Waals surface area contributed by atoms with Crippen molar-refractivity contribution in [2.45, 2.75) is 27.1 Å². The molecule has 0 aliphatic rings. The monoisotopic (exact) mass is 325 g/mol. The van der Waals surface area contributed by atoms with Gasteiger partial charge in [-0.25, -0.2) is 0 Å². The third-order valence-corrected chi connectivity index (χ3v) is 2.47. The van der Waals surface area contributed by atoms with Crippen LogP contribution in [-0.2, 0) is 0 Å². The highest BCUT2D eigenvalue weighted by molar-refractivity contribution is 9.10. The standard InChI is InChI=1S/C12H15BrF3NO/c1-11(2,3)7-17-9-5-4-8(13)6-10(9)18-12(14,15)16/h4-6,17H,7H2,1-3H3. The fraction of sp³-hybridized carbons (Fsp3) is 0.500. The van der Waals surface area contributed by atoms with E-state index in [1.165, 1.54) is 6.07 Å². The lowest BCUT2D eigenvalue weighted by Crippen LogP contribution is -2.21. The van der Waals surface area contributed by atoms with E-state index in [0.29, 0.717) is 16.7 Å². The maximum Gasteiger partial charge on any atom is 0.573 e. The Hall–Kier alpha value is -0.910. The number of halogens is 4. The van der Waals surface area contributed by atoms with Crippen LogP contribution in [0, 0.1) is 5.41 Å². The van der Waals surface area contributed by atoms with Crippen LogP contribution in [-0.4, -0.2) is 12.9 Å². The summed E-state index contributed by atoms with van der Waals surface area (Å²) in [5.41, 5.74) is 0.285. The zero-order chi connectivity index (χ0) is 14.0. The molecule has 0 aromatic heterocycles. The molecule has 102 valence electrons. The first kappa shape index (κ1) is 15.1. The van der Waals surface area contributed by atoms with Crippen molar-refractivity contribution in [1.29, 1.82) is 0 Å². The van der Waals surface area contributed by atoms with E-state index in [-0.39, 0.29) is 11.2 Å². The van der Waals surface area contributed by atoms with Crippen molar-refractivity contribution < 1.29 is 17.9 Å². The van der Waals surface area contributed by atoms with Crippen molar-refractivity contribution in [1.82, 2.24) is 0 Å². The molecule has 0 bridgehead atoms. The molecule has 0 saturated heterocycles. The van der Waals surface area contributed by atoms with Gasteiger partial charge in [0.15, 0.2) is 5.75 Å². The second-order valence-corrected chi connectivity index (χ2v) is 6.02. The second-order valence-electron chi connectivity index (χ2n) is 5.10. The van der Waals surface area contributed by atoms with E-state index in [4.69, 9.17) is 0 Å². The van der Waals surface area contributed by atoms with Crippen molar-refractivity contribution in [3.63, 3.8) is 0 Å². The Balaban J connectivity index is 2.90. The summed E-state index contributed by atoms with van der Waals surface area (Å²) in [7, 11) is 0. The number of anilines is 1. The van der Waals surface area contributed by atoms with Crippen molar-refractivity contribution in [3.05, 3.63) is 22.7 Å². The van der Waals surface area contributed by atoms with Crippen LogP contribution in [0.1, 0.15) is 20.8 Å². The summed E-state index contributed by atoms with van der Waals surface area (Å²) in [6.45, 7) is 6.51. The van der Waals surface area contributed by atoms with E-state index in [0.717, 1.165) is 0 Å². The average molecular weight is 326 g/mol. The topological polar surface area (TPSA) is 21.3 Å². The van der Waals surface area contributed by atoms with Gasteiger partial charge in [-0.15, -0.1) is 13.2 Å². The van der Waals surface area contributed by atoms with Crippen LogP contribution in [0.15, 0.2) is 22.7 Å². The minimum absolute atomic E-state index is 0.0391. The molecule has 2 nitrogen and oxygen atoms in total. The molecule has 0 heterocycles. The average Bonchev–Trinajstić information content (AvgIpc) is 2.12. The molecule has 1 aromatic rings. The van der Waals surface area contributed by atoms with Crippen LogP contribution in [0.25, 0.3) is 0 Å². The van der Waals surface area contributed by atoms with Crippen LogP contribution in [0.4, 0.5) is 18.9 Å². The predicted octanol–water partition coefficient (Wildman–Crippen LogP) is 4.81. The molecule has 0 fully saturated rings. The van der Waals surface area contributed by atoms with Gasteiger partial charge in [-0.1, -0.05) is 36.7 Å². The third kappa shape index (κ3) is 5.62. The summed E-state index contributed by atoms with van der Waals surface area (Å²) < 4.78 is 41.3. The molecule has 0 aliphatic carbocycles. The van der Waals surface area contributed by atoms with E-state index >= 15 is 0 Å². The van der Waals surface area contributed by atoms with Crippen LogP contribution >= 0.6 is 15.9 Å². The molecule has 1 rings (SSSR count). The first-order chi connectivity index (χ1) is 8.07. The van der Waals surface area contributed by atoms with Gasteiger partial charge in [0, 0.05) is 11.0 Å². The van der Waals surface area contributed by atoms with Crippen LogP contribution < -0.4 is 10.1 Å². The lowest BCUT2D eigenvalue weighted by Gasteiger charge is -2.21. The van der Waals surface area contributed by atoms with Gasteiger partial charge in [-0.2, -0.15) is 0 Å². The van der Waals surface area contributed by atoms with Gasteiger partial charge in [-0.05, 0) is 23.6 Å². The van der Waals surface area contributed by atoms with Gasteiger partial charge in [0.1, 0.15) is 0 Å². The number of hydrogen-bond acceptors (Lipinski definition) is 2.